The normalized spacial score (nSPS) is 11.6. The van der Waals surface area contributed by atoms with E-state index in [9.17, 15) is 0 Å². The van der Waals surface area contributed by atoms with Crippen LogP contribution in [0.1, 0.15) is 11.1 Å². The molecule has 0 aliphatic heterocycles. The van der Waals surface area contributed by atoms with Gasteiger partial charge >= 0.3 is 0 Å². The van der Waals surface area contributed by atoms with Crippen molar-refractivity contribution >= 4 is 87.2 Å². The number of hydrogen-bond acceptors (Lipinski definition) is 0. The first-order valence-corrected chi connectivity index (χ1v) is 35.2. The molecule has 0 saturated carbocycles. The molecule has 0 aliphatic rings. The molecule has 0 bridgehead atoms. The molecule has 480 valence electrons. The number of aromatic nitrogens is 4. The van der Waals surface area contributed by atoms with Gasteiger partial charge in [-0.3, -0.25) is 0 Å². The first kappa shape index (κ1) is 59.9. The number of benzene rings is 16. The van der Waals surface area contributed by atoms with Crippen LogP contribution in [-0.2, 0) is 0 Å². The quantitative estimate of drug-likeness (QED) is 0.130. The van der Waals surface area contributed by atoms with Crippen LogP contribution in [-0.4, -0.2) is 18.3 Å². The monoisotopic (exact) mass is 1300 g/mol. The van der Waals surface area contributed by atoms with Crippen molar-refractivity contribution in [1.29, 1.82) is 0 Å². The summed E-state index contributed by atoms with van der Waals surface area (Å²) in [7, 11) is 0. The van der Waals surface area contributed by atoms with E-state index in [1.165, 1.54) is 165 Å². The van der Waals surface area contributed by atoms with E-state index in [0.29, 0.717) is 0 Å². The van der Waals surface area contributed by atoms with Crippen LogP contribution in [0.15, 0.2) is 376 Å². The van der Waals surface area contributed by atoms with E-state index < -0.39 is 0 Å². The van der Waals surface area contributed by atoms with Crippen LogP contribution in [0.2, 0.25) is 0 Å². The van der Waals surface area contributed by atoms with Crippen LogP contribution in [0.5, 0.6) is 0 Å². The molecule has 0 aliphatic carbocycles. The SMILES string of the molecule is Cc1ccc(-c2ccc(-n3c4ccccc4c4cc(-c5ccc6c(c5)c5ccccc5n6-c5ccc(-c6ccccc6)cc5)ccc43)cc2)cc1.Cc1ccc2c(c1)c1cc(-c3ccc4c(c3)c3ccccc3n4-c3ccc(-c4ccccc4)cc3)ccc1n2-c1ccc(-c2ccccc2)cc1. The molecule has 4 heteroatoms. The van der Waals surface area contributed by atoms with Crippen molar-refractivity contribution in [1.82, 2.24) is 18.3 Å². The lowest BCUT2D eigenvalue weighted by molar-refractivity contribution is 1.18. The molecule has 0 fully saturated rings. The summed E-state index contributed by atoms with van der Waals surface area (Å²) in [6.45, 7) is 4.31. The molecule has 4 heterocycles. The summed E-state index contributed by atoms with van der Waals surface area (Å²) < 4.78 is 9.59. The Bertz CT molecular complexity index is 6550. The van der Waals surface area contributed by atoms with Gasteiger partial charge in [0.05, 0.1) is 44.1 Å². The molecule has 102 heavy (non-hydrogen) atoms. The minimum atomic E-state index is 1.16. The maximum absolute atomic E-state index is 2.41. The molecule has 20 rings (SSSR count). The highest BCUT2D eigenvalue weighted by molar-refractivity contribution is 6.15. The molecule has 0 atom stereocenters. The lowest BCUT2D eigenvalue weighted by atomic mass is 10.00. The predicted octanol–water partition coefficient (Wildman–Crippen LogP) is 26.4. The minimum absolute atomic E-state index is 1.16. The zero-order chi connectivity index (χ0) is 67.8. The third kappa shape index (κ3) is 10.5. The summed E-state index contributed by atoms with van der Waals surface area (Å²) in [4.78, 5) is 0. The molecule has 0 N–H and O–H groups in total. The Morgan fingerprint density at radius 1 is 0.137 bits per heavy atom. The smallest absolute Gasteiger partial charge is 0.0541 e. The first-order chi connectivity index (χ1) is 50.4. The van der Waals surface area contributed by atoms with Gasteiger partial charge in [0.25, 0.3) is 0 Å². The number of hydrogen-bond donors (Lipinski definition) is 0. The zero-order valence-corrected chi connectivity index (χ0v) is 56.6. The van der Waals surface area contributed by atoms with Crippen molar-refractivity contribution in [3.05, 3.63) is 387 Å². The van der Waals surface area contributed by atoms with Crippen LogP contribution >= 0.6 is 0 Å². The van der Waals surface area contributed by atoms with Gasteiger partial charge in [-0.15, -0.1) is 0 Å². The molecular weight excluding hydrogens is 1230 g/mol. The second kappa shape index (κ2) is 24.9. The molecular formula is C98H68N4. The van der Waals surface area contributed by atoms with Gasteiger partial charge in [0, 0.05) is 65.8 Å². The van der Waals surface area contributed by atoms with E-state index >= 15 is 0 Å². The molecule has 0 amide bonds. The summed E-state index contributed by atoms with van der Waals surface area (Å²) in [5.74, 6) is 0. The third-order valence-corrected chi connectivity index (χ3v) is 20.8. The summed E-state index contributed by atoms with van der Waals surface area (Å²) in [5.41, 5.74) is 31.5. The number of para-hydroxylation sites is 3. The summed E-state index contributed by atoms with van der Waals surface area (Å²) in [6.07, 6.45) is 0. The number of fused-ring (bicyclic) bond motifs is 12. The van der Waals surface area contributed by atoms with Gasteiger partial charge in [-0.2, -0.15) is 0 Å². The van der Waals surface area contributed by atoms with Crippen LogP contribution < -0.4 is 0 Å². The summed E-state index contributed by atoms with van der Waals surface area (Å²) in [5, 5.41) is 10.1. The molecule has 16 aromatic carbocycles. The molecule has 4 aromatic heterocycles. The van der Waals surface area contributed by atoms with Crippen LogP contribution in [0, 0.1) is 13.8 Å². The fourth-order valence-corrected chi connectivity index (χ4v) is 15.7. The van der Waals surface area contributed by atoms with Crippen molar-refractivity contribution in [2.24, 2.45) is 0 Å². The largest absolute Gasteiger partial charge is 0.309 e. The Balaban J connectivity index is 0.000000141. The second-order valence-corrected chi connectivity index (χ2v) is 27.0. The third-order valence-electron chi connectivity index (χ3n) is 20.8. The Kier molecular flexibility index (Phi) is 14.6. The molecule has 0 radical (unpaired) electrons. The summed E-state index contributed by atoms with van der Waals surface area (Å²) in [6, 6.07) is 137. The van der Waals surface area contributed by atoms with E-state index in [1.807, 2.05) is 0 Å². The van der Waals surface area contributed by atoms with Gasteiger partial charge in [0.15, 0.2) is 0 Å². The standard InChI is InChI=1S/2C49H34N2/c1-33-16-27-47-43(30-33)45-32-39(22-29-49(45)51(47)41-25-19-37(20-26-41)35-12-6-3-7-13-35)38-21-28-48-44(31-38)42-14-8-9-15-46(42)50(48)40-23-17-36(18-24-40)34-10-4-2-5-11-34;1-33-15-17-35(18-16-33)37-21-27-41(28-22-37)51-47-14-8-6-12-43(47)45-32-39(24-30-49(45)51)38-23-29-48-44(31-38)42-11-5-7-13-46(42)50(48)40-25-19-36(20-26-40)34-9-3-2-4-10-34/h2*2-32H,1H3. The van der Waals surface area contributed by atoms with Gasteiger partial charge < -0.3 is 18.3 Å². The maximum atomic E-state index is 2.41. The van der Waals surface area contributed by atoms with Gasteiger partial charge in [0.2, 0.25) is 0 Å². The first-order valence-electron chi connectivity index (χ1n) is 35.2. The number of aryl methyl sites for hydroxylation is 2. The number of nitrogens with zero attached hydrogens (tertiary/aromatic N) is 4. The van der Waals surface area contributed by atoms with E-state index in [1.54, 1.807) is 0 Å². The van der Waals surface area contributed by atoms with E-state index in [0.717, 1.165) is 22.7 Å². The predicted molar refractivity (Wildman–Crippen MR) is 432 cm³/mol. The topological polar surface area (TPSA) is 19.7 Å². The molecule has 0 unspecified atom stereocenters. The van der Waals surface area contributed by atoms with Crippen LogP contribution in [0.25, 0.3) is 177 Å². The Morgan fingerprint density at radius 3 is 0.627 bits per heavy atom. The minimum Gasteiger partial charge on any atom is -0.309 e. The highest BCUT2D eigenvalue weighted by Crippen LogP contribution is 2.42. The Labute approximate surface area is 592 Å². The second-order valence-electron chi connectivity index (χ2n) is 27.0. The molecule has 0 saturated heterocycles. The van der Waals surface area contributed by atoms with Crippen LogP contribution in [0.3, 0.4) is 0 Å². The van der Waals surface area contributed by atoms with E-state index in [-0.39, 0.29) is 0 Å². The molecule has 20 aromatic rings. The van der Waals surface area contributed by atoms with Crippen molar-refractivity contribution in [3.63, 3.8) is 0 Å². The fourth-order valence-electron chi connectivity index (χ4n) is 15.7. The number of rotatable bonds is 10. The van der Waals surface area contributed by atoms with Crippen molar-refractivity contribution in [2.45, 2.75) is 13.8 Å². The Morgan fingerprint density at radius 2 is 0.333 bits per heavy atom. The molecule has 0 spiro atoms. The van der Waals surface area contributed by atoms with Crippen molar-refractivity contribution < 1.29 is 0 Å². The van der Waals surface area contributed by atoms with Crippen molar-refractivity contribution in [3.8, 4) is 89.5 Å². The maximum Gasteiger partial charge on any atom is 0.0541 e. The van der Waals surface area contributed by atoms with Crippen molar-refractivity contribution in [2.75, 3.05) is 0 Å². The van der Waals surface area contributed by atoms with Gasteiger partial charge in [-0.25, -0.2) is 0 Å². The van der Waals surface area contributed by atoms with E-state index in [4.69, 9.17) is 0 Å². The highest BCUT2D eigenvalue weighted by Gasteiger charge is 2.20. The average molecular weight is 1300 g/mol. The summed E-state index contributed by atoms with van der Waals surface area (Å²) >= 11 is 0. The zero-order valence-electron chi connectivity index (χ0n) is 56.6. The fraction of sp³-hybridized carbons (Fsp3) is 0.0204. The average Bonchev–Trinajstić information content (AvgIpc) is 1.60. The van der Waals surface area contributed by atoms with Gasteiger partial charge in [0.1, 0.15) is 0 Å². The van der Waals surface area contributed by atoms with E-state index in [2.05, 4.69) is 408 Å². The molecule has 4 nitrogen and oxygen atoms in total. The Hall–Kier alpha value is -13.3. The van der Waals surface area contributed by atoms with Gasteiger partial charge in [-0.05, 0) is 208 Å². The van der Waals surface area contributed by atoms with Crippen LogP contribution in [0.4, 0.5) is 0 Å². The van der Waals surface area contributed by atoms with Gasteiger partial charge in [-0.1, -0.05) is 260 Å². The lowest BCUT2D eigenvalue weighted by Gasteiger charge is -2.11. The lowest BCUT2D eigenvalue weighted by Crippen LogP contribution is -1.94. The highest BCUT2D eigenvalue weighted by atomic mass is 15.0.